The minimum Gasteiger partial charge on any atom is -0.482 e. The molecule has 0 bridgehead atoms. The molecule has 4 aromatic rings. The lowest BCUT2D eigenvalue weighted by Gasteiger charge is -2.16. The van der Waals surface area contributed by atoms with Crippen molar-refractivity contribution in [3.8, 4) is 16.9 Å². The Balaban J connectivity index is 1.42. The Morgan fingerprint density at radius 3 is 2.65 bits per heavy atom. The lowest BCUT2D eigenvalue weighted by atomic mass is 10.0. The number of esters is 1. The van der Waals surface area contributed by atoms with Crippen LogP contribution in [-0.4, -0.2) is 39.5 Å². The van der Waals surface area contributed by atoms with E-state index in [1.165, 1.54) is 30.2 Å². The summed E-state index contributed by atoms with van der Waals surface area (Å²) in [7, 11) is 3.14. The van der Waals surface area contributed by atoms with Gasteiger partial charge in [0.05, 0.1) is 12.9 Å². The number of nitrogens with one attached hydrogen (secondary N) is 1. The molecule has 0 aliphatic carbocycles. The van der Waals surface area contributed by atoms with Crippen molar-refractivity contribution < 1.29 is 19.1 Å². The lowest BCUT2D eigenvalue weighted by Crippen LogP contribution is -2.16. The topological polar surface area (TPSA) is 95.3 Å². The number of carbonyl (C=O) groups excluding carboxylic acids is 2. The molecule has 37 heavy (non-hydrogen) atoms. The zero-order valence-corrected chi connectivity index (χ0v) is 23.0. The van der Waals surface area contributed by atoms with E-state index in [2.05, 4.69) is 15.5 Å². The van der Waals surface area contributed by atoms with Crippen molar-refractivity contribution in [2.24, 2.45) is 7.05 Å². The number of carbonyl (C=O) groups is 2. The number of benzene rings is 2. The van der Waals surface area contributed by atoms with Crippen molar-refractivity contribution >= 4 is 51.6 Å². The molecule has 0 spiro atoms. The van der Waals surface area contributed by atoms with Crippen LogP contribution in [-0.2, 0) is 16.6 Å². The van der Waals surface area contributed by atoms with Crippen molar-refractivity contribution in [2.75, 3.05) is 18.2 Å². The molecule has 192 valence electrons. The number of hydrogen-bond donors (Lipinski definition) is 1. The molecule has 2 aromatic carbocycles. The third kappa shape index (κ3) is 6.15. The standard InChI is InChI=1S/C26H25ClN4O4S2/c1-15-12-18(27)10-11-20(15)35-16(2)23-29-30-26(31(23)3)37-14-21(32)28-24-22(25(33)34-4)19(13-36-24)17-8-6-5-7-9-17/h5-13,16H,14H2,1-4H3,(H,28,32). The second kappa shape index (κ2) is 11.8. The monoisotopic (exact) mass is 556 g/mol. The third-order valence-corrected chi connectivity index (χ3v) is 7.67. The predicted molar refractivity (Wildman–Crippen MR) is 147 cm³/mol. The molecule has 1 atom stereocenters. The van der Waals surface area contributed by atoms with Crippen LogP contribution >= 0.6 is 34.7 Å². The van der Waals surface area contributed by atoms with E-state index in [-0.39, 0.29) is 17.8 Å². The van der Waals surface area contributed by atoms with Crippen LogP contribution in [0.4, 0.5) is 5.00 Å². The number of aromatic nitrogens is 3. The van der Waals surface area contributed by atoms with Gasteiger partial charge in [0, 0.05) is 23.0 Å². The van der Waals surface area contributed by atoms with Crippen LogP contribution in [0.2, 0.25) is 5.02 Å². The number of amides is 1. The smallest absolute Gasteiger partial charge is 0.341 e. The summed E-state index contributed by atoms with van der Waals surface area (Å²) in [5.74, 6) is 0.626. The van der Waals surface area contributed by atoms with Gasteiger partial charge in [-0.1, -0.05) is 53.7 Å². The normalized spacial score (nSPS) is 11.7. The zero-order chi connectivity index (χ0) is 26.5. The van der Waals surface area contributed by atoms with Gasteiger partial charge in [-0.25, -0.2) is 4.79 Å². The Morgan fingerprint density at radius 2 is 1.95 bits per heavy atom. The summed E-state index contributed by atoms with van der Waals surface area (Å²) in [5, 5.41) is 14.8. The second-order valence-corrected chi connectivity index (χ2v) is 10.4. The molecule has 0 aliphatic rings. The van der Waals surface area contributed by atoms with Gasteiger partial charge in [0.2, 0.25) is 5.91 Å². The van der Waals surface area contributed by atoms with E-state index < -0.39 is 5.97 Å². The zero-order valence-electron chi connectivity index (χ0n) is 20.6. The second-order valence-electron chi connectivity index (χ2n) is 8.12. The van der Waals surface area contributed by atoms with Crippen LogP contribution in [0.1, 0.15) is 34.8 Å². The highest BCUT2D eigenvalue weighted by Crippen LogP contribution is 2.36. The summed E-state index contributed by atoms with van der Waals surface area (Å²) in [6.45, 7) is 3.81. The number of nitrogens with zero attached hydrogens (tertiary/aromatic N) is 3. The Labute approximate surface area is 228 Å². The molecule has 0 saturated heterocycles. The first kappa shape index (κ1) is 26.7. The fourth-order valence-electron chi connectivity index (χ4n) is 3.67. The minimum absolute atomic E-state index is 0.0800. The summed E-state index contributed by atoms with van der Waals surface area (Å²) >= 11 is 8.55. The molecular weight excluding hydrogens is 532 g/mol. The quantitative estimate of drug-likeness (QED) is 0.195. The first-order chi connectivity index (χ1) is 17.8. The van der Waals surface area contributed by atoms with Crippen LogP contribution in [0.25, 0.3) is 11.1 Å². The summed E-state index contributed by atoms with van der Waals surface area (Å²) in [4.78, 5) is 25.3. The van der Waals surface area contributed by atoms with Gasteiger partial charge < -0.3 is 19.4 Å². The van der Waals surface area contributed by atoms with E-state index in [4.69, 9.17) is 21.1 Å². The number of hydrogen-bond acceptors (Lipinski definition) is 8. The SMILES string of the molecule is COC(=O)c1c(-c2ccccc2)csc1NC(=O)CSc1nnc(C(C)Oc2ccc(Cl)cc2C)n1C. The van der Waals surface area contributed by atoms with Crippen molar-refractivity contribution in [1.29, 1.82) is 0 Å². The van der Waals surface area contributed by atoms with Gasteiger partial charge in [0.1, 0.15) is 16.3 Å². The number of ether oxygens (including phenoxy) is 2. The maximum Gasteiger partial charge on any atom is 0.341 e. The van der Waals surface area contributed by atoms with E-state index >= 15 is 0 Å². The number of aryl methyl sites for hydroxylation is 1. The Bertz CT molecular complexity index is 1420. The summed E-state index contributed by atoms with van der Waals surface area (Å²) in [6, 6.07) is 14.9. The highest BCUT2D eigenvalue weighted by atomic mass is 35.5. The number of thioether (sulfide) groups is 1. The van der Waals surface area contributed by atoms with Crippen LogP contribution in [0.15, 0.2) is 59.1 Å². The third-order valence-electron chi connectivity index (χ3n) is 5.52. The van der Waals surface area contributed by atoms with Crippen LogP contribution in [0.3, 0.4) is 0 Å². The van der Waals surface area contributed by atoms with Gasteiger partial charge in [-0.3, -0.25) is 4.79 Å². The molecule has 4 rings (SSSR count). The molecule has 11 heteroatoms. The Kier molecular flexibility index (Phi) is 8.52. The molecule has 0 fully saturated rings. The molecule has 0 saturated carbocycles. The minimum atomic E-state index is -0.508. The Hall–Kier alpha value is -3.34. The molecule has 2 aromatic heterocycles. The molecule has 1 amide bonds. The molecule has 0 radical (unpaired) electrons. The highest BCUT2D eigenvalue weighted by Gasteiger charge is 2.23. The van der Waals surface area contributed by atoms with Gasteiger partial charge in [0.15, 0.2) is 17.1 Å². The number of thiophene rings is 1. The van der Waals surface area contributed by atoms with E-state index in [1.54, 1.807) is 10.6 Å². The molecule has 0 aliphatic heterocycles. The molecule has 2 heterocycles. The van der Waals surface area contributed by atoms with E-state index in [1.807, 2.05) is 68.7 Å². The highest BCUT2D eigenvalue weighted by molar-refractivity contribution is 7.99. The number of methoxy groups -OCH3 is 1. The fraction of sp³-hybridized carbons (Fsp3) is 0.231. The summed E-state index contributed by atoms with van der Waals surface area (Å²) < 4.78 is 12.8. The van der Waals surface area contributed by atoms with E-state index in [9.17, 15) is 9.59 Å². The van der Waals surface area contributed by atoms with Gasteiger partial charge in [-0.15, -0.1) is 21.5 Å². The van der Waals surface area contributed by atoms with E-state index in [0.29, 0.717) is 37.9 Å². The van der Waals surface area contributed by atoms with Crippen LogP contribution < -0.4 is 10.1 Å². The average Bonchev–Trinajstić information content (AvgIpc) is 3.47. The van der Waals surface area contributed by atoms with Crippen LogP contribution in [0, 0.1) is 6.92 Å². The molecule has 8 nitrogen and oxygen atoms in total. The maximum atomic E-state index is 12.8. The van der Waals surface area contributed by atoms with Gasteiger partial charge in [-0.2, -0.15) is 0 Å². The number of rotatable bonds is 9. The first-order valence-electron chi connectivity index (χ1n) is 11.3. The van der Waals surface area contributed by atoms with Crippen molar-refractivity contribution in [3.63, 3.8) is 0 Å². The summed E-state index contributed by atoms with van der Waals surface area (Å²) in [6.07, 6.45) is -0.370. The van der Waals surface area contributed by atoms with Gasteiger partial charge >= 0.3 is 5.97 Å². The van der Waals surface area contributed by atoms with Crippen LogP contribution in [0.5, 0.6) is 5.75 Å². The van der Waals surface area contributed by atoms with E-state index in [0.717, 1.165) is 11.1 Å². The van der Waals surface area contributed by atoms with Crippen molar-refractivity contribution in [1.82, 2.24) is 14.8 Å². The maximum absolute atomic E-state index is 12.8. The number of anilines is 1. The summed E-state index contributed by atoms with van der Waals surface area (Å²) in [5.41, 5.74) is 2.83. The largest absolute Gasteiger partial charge is 0.482 e. The molecule has 1 N–H and O–H groups in total. The molecule has 1 unspecified atom stereocenters. The predicted octanol–water partition coefficient (Wildman–Crippen LogP) is 6.16. The Morgan fingerprint density at radius 1 is 1.19 bits per heavy atom. The van der Waals surface area contributed by atoms with Gasteiger partial charge in [-0.05, 0) is 43.2 Å². The van der Waals surface area contributed by atoms with Gasteiger partial charge in [0.25, 0.3) is 0 Å². The number of halogens is 1. The molecular formula is C26H25ClN4O4S2. The van der Waals surface area contributed by atoms with Crippen molar-refractivity contribution in [3.05, 3.63) is 75.9 Å². The lowest BCUT2D eigenvalue weighted by molar-refractivity contribution is -0.113. The first-order valence-corrected chi connectivity index (χ1v) is 13.5. The van der Waals surface area contributed by atoms with Crippen molar-refractivity contribution in [2.45, 2.75) is 25.1 Å². The average molecular weight is 557 g/mol. The fourth-order valence-corrected chi connectivity index (χ4v) is 5.59.